The largest absolute Gasteiger partial charge is 0.481 e. The van der Waals surface area contributed by atoms with Crippen molar-refractivity contribution in [3.8, 4) is 0 Å². The van der Waals surface area contributed by atoms with E-state index in [0.29, 0.717) is 18.7 Å². The van der Waals surface area contributed by atoms with Crippen LogP contribution in [0.4, 0.5) is 4.79 Å². The zero-order valence-electron chi connectivity index (χ0n) is 10.3. The molecule has 0 bridgehead atoms. The van der Waals surface area contributed by atoms with Crippen molar-refractivity contribution in [3.63, 3.8) is 0 Å². The fourth-order valence-electron chi connectivity index (χ4n) is 1.61. The molecule has 0 aromatic carbocycles. The van der Waals surface area contributed by atoms with E-state index in [1.54, 1.807) is 0 Å². The summed E-state index contributed by atoms with van der Waals surface area (Å²) in [4.78, 5) is 32.9. The molecule has 0 spiro atoms. The van der Waals surface area contributed by atoms with Crippen molar-refractivity contribution < 1.29 is 19.5 Å². The molecule has 6 nitrogen and oxygen atoms in total. The Balaban J connectivity index is 2.11. The minimum absolute atomic E-state index is 0.157. The van der Waals surface area contributed by atoms with E-state index in [1.807, 2.05) is 6.92 Å². The van der Waals surface area contributed by atoms with Crippen LogP contribution in [-0.2, 0) is 9.59 Å². The summed E-state index contributed by atoms with van der Waals surface area (Å²) in [5.41, 5.74) is 0. The fraction of sp³-hybridized carbons (Fsp3) is 0.727. The summed E-state index contributed by atoms with van der Waals surface area (Å²) in [6, 6.07) is -0.433. The van der Waals surface area contributed by atoms with Crippen LogP contribution in [0.5, 0.6) is 0 Å². The number of rotatable bonds is 7. The Labute approximate surface area is 110 Å². The number of nitrogens with one attached hydrogen (secondary N) is 2. The minimum Gasteiger partial charge on any atom is -0.481 e. The molecule has 1 aliphatic heterocycles. The van der Waals surface area contributed by atoms with Crippen LogP contribution in [0, 0.1) is 5.92 Å². The number of carbonyl (C=O) groups is 3. The van der Waals surface area contributed by atoms with Gasteiger partial charge in [-0.15, -0.1) is 0 Å². The number of carbonyl (C=O) groups excluding carboxylic acids is 2. The molecule has 3 N–H and O–H groups in total. The monoisotopic (exact) mass is 274 g/mol. The van der Waals surface area contributed by atoms with E-state index >= 15 is 0 Å². The maximum atomic E-state index is 11.6. The van der Waals surface area contributed by atoms with Crippen LogP contribution >= 0.6 is 11.8 Å². The predicted molar refractivity (Wildman–Crippen MR) is 68.4 cm³/mol. The Morgan fingerprint density at radius 1 is 1.56 bits per heavy atom. The highest BCUT2D eigenvalue weighted by atomic mass is 32.2. The van der Waals surface area contributed by atoms with Gasteiger partial charge < -0.3 is 15.7 Å². The summed E-state index contributed by atoms with van der Waals surface area (Å²) >= 11 is 1.11. The second-order valence-electron chi connectivity index (χ2n) is 4.41. The average Bonchev–Trinajstić information content (AvgIpc) is 2.73. The van der Waals surface area contributed by atoms with Gasteiger partial charge in [-0.2, -0.15) is 0 Å². The molecule has 1 heterocycles. The van der Waals surface area contributed by atoms with Crippen molar-refractivity contribution >= 4 is 28.9 Å². The second kappa shape index (κ2) is 7.25. The molecule has 1 aliphatic rings. The summed E-state index contributed by atoms with van der Waals surface area (Å²) in [6.07, 6.45) is 1.51. The van der Waals surface area contributed by atoms with Crippen LogP contribution in [-0.4, -0.2) is 40.6 Å². The lowest BCUT2D eigenvalue weighted by atomic mass is 10.0. The number of hydrogen-bond acceptors (Lipinski definition) is 4. The first-order valence-corrected chi connectivity index (χ1v) is 6.90. The van der Waals surface area contributed by atoms with Gasteiger partial charge in [-0.3, -0.25) is 14.4 Å². The van der Waals surface area contributed by atoms with Gasteiger partial charge in [-0.05, 0) is 18.8 Å². The topological polar surface area (TPSA) is 95.5 Å². The molecule has 102 valence electrons. The third-order valence-electron chi connectivity index (χ3n) is 2.78. The van der Waals surface area contributed by atoms with E-state index in [0.717, 1.165) is 18.2 Å². The smallest absolute Gasteiger partial charge is 0.303 e. The summed E-state index contributed by atoms with van der Waals surface area (Å²) in [7, 11) is 0. The summed E-state index contributed by atoms with van der Waals surface area (Å²) in [5.74, 6) is -0.233. The van der Waals surface area contributed by atoms with Gasteiger partial charge in [0.15, 0.2) is 0 Å². The predicted octanol–water partition coefficient (Wildman–Crippen LogP) is 0.819. The third-order valence-corrected chi connectivity index (χ3v) is 3.66. The molecule has 0 aromatic heterocycles. The summed E-state index contributed by atoms with van der Waals surface area (Å²) in [5, 5.41) is 13.7. The summed E-state index contributed by atoms with van der Waals surface area (Å²) in [6.45, 7) is 2.47. The lowest BCUT2D eigenvalue weighted by molar-refractivity contribution is -0.137. The normalized spacial score (nSPS) is 20.3. The van der Waals surface area contributed by atoms with Gasteiger partial charge >= 0.3 is 5.97 Å². The second-order valence-corrected chi connectivity index (χ2v) is 5.41. The molecule has 2 amide bonds. The number of carboxylic acids is 1. The van der Waals surface area contributed by atoms with Crippen LogP contribution < -0.4 is 10.6 Å². The lowest BCUT2D eigenvalue weighted by Crippen LogP contribution is -2.43. The number of aliphatic carboxylic acids is 1. The van der Waals surface area contributed by atoms with Crippen molar-refractivity contribution in [2.75, 3.05) is 12.3 Å². The van der Waals surface area contributed by atoms with E-state index in [2.05, 4.69) is 10.6 Å². The van der Waals surface area contributed by atoms with E-state index in [9.17, 15) is 14.4 Å². The number of amides is 2. The van der Waals surface area contributed by atoms with E-state index in [1.165, 1.54) is 0 Å². The molecule has 1 rings (SSSR count). The highest BCUT2D eigenvalue weighted by Gasteiger charge is 2.27. The molecule has 1 fully saturated rings. The first-order chi connectivity index (χ1) is 8.49. The molecule has 1 saturated heterocycles. The van der Waals surface area contributed by atoms with Crippen molar-refractivity contribution in [1.29, 1.82) is 0 Å². The van der Waals surface area contributed by atoms with Crippen molar-refractivity contribution in [1.82, 2.24) is 10.6 Å². The molecule has 0 aliphatic carbocycles. The zero-order valence-corrected chi connectivity index (χ0v) is 11.1. The molecule has 2 atom stereocenters. The minimum atomic E-state index is -0.795. The van der Waals surface area contributed by atoms with Crippen LogP contribution in [0.3, 0.4) is 0 Å². The Morgan fingerprint density at radius 3 is 2.83 bits per heavy atom. The molecule has 0 aromatic rings. The Kier molecular flexibility index (Phi) is 5.97. The third kappa shape index (κ3) is 5.39. The highest BCUT2D eigenvalue weighted by Crippen LogP contribution is 2.13. The SMILES string of the molecule is CC(CCNC(=O)C1CSC(=O)N1)CCC(=O)O. The van der Waals surface area contributed by atoms with Crippen LogP contribution in [0.15, 0.2) is 0 Å². The van der Waals surface area contributed by atoms with Gasteiger partial charge in [0.25, 0.3) is 5.24 Å². The molecule has 18 heavy (non-hydrogen) atoms. The lowest BCUT2D eigenvalue weighted by Gasteiger charge is -2.13. The van der Waals surface area contributed by atoms with Crippen molar-refractivity contribution in [3.05, 3.63) is 0 Å². The molecular weight excluding hydrogens is 256 g/mol. The van der Waals surface area contributed by atoms with Gasteiger partial charge in [0, 0.05) is 18.7 Å². The van der Waals surface area contributed by atoms with Crippen LogP contribution in [0.1, 0.15) is 26.2 Å². The average molecular weight is 274 g/mol. The van der Waals surface area contributed by atoms with E-state index in [4.69, 9.17) is 5.11 Å². The Morgan fingerprint density at radius 2 is 2.28 bits per heavy atom. The number of thioether (sulfide) groups is 1. The molecule has 2 unspecified atom stereocenters. The Bertz CT molecular complexity index is 335. The standard InChI is InChI=1S/C11H18N2O4S/c1-7(2-3-9(14)15)4-5-12-10(16)8-6-18-11(17)13-8/h7-8H,2-6H2,1H3,(H,12,16)(H,13,17)(H,14,15). The van der Waals surface area contributed by atoms with Gasteiger partial charge in [0.05, 0.1) is 0 Å². The maximum Gasteiger partial charge on any atom is 0.303 e. The van der Waals surface area contributed by atoms with Crippen LogP contribution in [0.25, 0.3) is 0 Å². The number of hydrogen-bond donors (Lipinski definition) is 3. The van der Waals surface area contributed by atoms with E-state index in [-0.39, 0.29) is 23.5 Å². The maximum absolute atomic E-state index is 11.6. The quantitative estimate of drug-likeness (QED) is 0.639. The fourth-order valence-corrected chi connectivity index (χ4v) is 2.38. The molecular formula is C11H18N2O4S. The van der Waals surface area contributed by atoms with Gasteiger partial charge in [-0.1, -0.05) is 18.7 Å². The van der Waals surface area contributed by atoms with Gasteiger partial charge in [0.2, 0.25) is 5.91 Å². The first-order valence-electron chi connectivity index (χ1n) is 5.92. The molecule has 7 heteroatoms. The first kappa shape index (κ1) is 14.8. The zero-order chi connectivity index (χ0) is 13.5. The molecule has 0 radical (unpaired) electrons. The summed E-state index contributed by atoms with van der Waals surface area (Å²) < 4.78 is 0. The van der Waals surface area contributed by atoms with E-state index < -0.39 is 12.0 Å². The van der Waals surface area contributed by atoms with Gasteiger partial charge in [-0.25, -0.2) is 0 Å². The van der Waals surface area contributed by atoms with Gasteiger partial charge in [0.1, 0.15) is 6.04 Å². The Hall–Kier alpha value is -1.24. The van der Waals surface area contributed by atoms with Crippen molar-refractivity contribution in [2.45, 2.75) is 32.2 Å². The van der Waals surface area contributed by atoms with Crippen molar-refractivity contribution in [2.24, 2.45) is 5.92 Å². The number of carboxylic acid groups (broad SMARTS) is 1. The molecule has 0 saturated carbocycles. The van der Waals surface area contributed by atoms with Crippen LogP contribution in [0.2, 0.25) is 0 Å². The highest BCUT2D eigenvalue weighted by molar-refractivity contribution is 8.14.